The minimum Gasteiger partial charge on any atom is -0.356 e. The van der Waals surface area contributed by atoms with Crippen LogP contribution in [0.15, 0.2) is 0 Å². The van der Waals surface area contributed by atoms with Gasteiger partial charge in [-0.25, -0.2) is 0 Å². The van der Waals surface area contributed by atoms with Crippen molar-refractivity contribution in [2.45, 2.75) is 19.8 Å². The molecule has 100 valence electrons. The Hall–Kier alpha value is -0.650. The van der Waals surface area contributed by atoms with E-state index in [1.54, 1.807) is 0 Å². The summed E-state index contributed by atoms with van der Waals surface area (Å²) in [6, 6.07) is 0. The van der Waals surface area contributed by atoms with Crippen molar-refractivity contribution in [1.29, 1.82) is 0 Å². The van der Waals surface area contributed by atoms with Gasteiger partial charge >= 0.3 is 0 Å². The molecule has 0 spiro atoms. The van der Waals surface area contributed by atoms with Crippen molar-refractivity contribution in [1.82, 2.24) is 15.1 Å². The molecule has 5 heteroatoms. The third kappa shape index (κ3) is 6.00. The molecule has 0 bridgehead atoms. The van der Waals surface area contributed by atoms with E-state index < -0.39 is 0 Å². The molecule has 0 saturated carbocycles. The Bertz CT molecular complexity index is 215. The Morgan fingerprint density at radius 2 is 1.88 bits per heavy atom. The maximum atomic E-state index is 11.2. The fourth-order valence-corrected chi connectivity index (χ4v) is 2.08. The summed E-state index contributed by atoms with van der Waals surface area (Å²) in [5.74, 6) is 0.0725. The zero-order chi connectivity index (χ0) is 12.5. The first-order valence-corrected chi connectivity index (χ1v) is 6.67. The van der Waals surface area contributed by atoms with Crippen LogP contribution in [0.2, 0.25) is 0 Å². The lowest BCUT2D eigenvalue weighted by molar-refractivity contribution is -0.120. The second-order valence-electron chi connectivity index (χ2n) is 4.52. The van der Waals surface area contributed by atoms with Gasteiger partial charge in [0.1, 0.15) is 0 Å². The molecule has 1 aliphatic heterocycles. The Morgan fingerprint density at radius 3 is 2.47 bits per heavy atom. The summed E-state index contributed by atoms with van der Waals surface area (Å²) in [6.45, 7) is 10.3. The van der Waals surface area contributed by atoms with Gasteiger partial charge in [0.2, 0.25) is 5.91 Å². The number of rotatable bonds is 7. The van der Waals surface area contributed by atoms with Gasteiger partial charge in [0.15, 0.2) is 0 Å². The highest BCUT2D eigenvalue weighted by Crippen LogP contribution is 2.01. The average Bonchev–Trinajstić information content (AvgIpc) is 2.36. The standard InChI is InChI=1S/C12H26N4O/c1-2-15-8-10-16(11-9-15)7-3-6-14-12(17)4-5-13/h2-11,13H2,1H3,(H,14,17). The number of nitrogens with zero attached hydrogens (tertiary/aromatic N) is 2. The lowest BCUT2D eigenvalue weighted by atomic mass is 10.3. The lowest BCUT2D eigenvalue weighted by Crippen LogP contribution is -2.46. The number of carbonyl (C=O) groups is 1. The molecule has 3 N–H and O–H groups in total. The molecule has 1 fully saturated rings. The van der Waals surface area contributed by atoms with E-state index >= 15 is 0 Å². The number of carbonyl (C=O) groups excluding carboxylic acids is 1. The number of hydrogen-bond donors (Lipinski definition) is 2. The quantitative estimate of drug-likeness (QED) is 0.590. The van der Waals surface area contributed by atoms with Gasteiger partial charge in [-0.15, -0.1) is 0 Å². The minimum absolute atomic E-state index is 0.0725. The summed E-state index contributed by atoms with van der Waals surface area (Å²) in [5.41, 5.74) is 5.30. The number of amides is 1. The SMILES string of the molecule is CCN1CCN(CCCNC(=O)CCN)CC1. The van der Waals surface area contributed by atoms with E-state index in [4.69, 9.17) is 5.73 Å². The summed E-state index contributed by atoms with van der Waals surface area (Å²) in [7, 11) is 0. The fourth-order valence-electron chi connectivity index (χ4n) is 2.08. The summed E-state index contributed by atoms with van der Waals surface area (Å²) in [4.78, 5) is 16.1. The van der Waals surface area contributed by atoms with E-state index in [0.717, 1.165) is 39.1 Å². The maximum Gasteiger partial charge on any atom is 0.221 e. The summed E-state index contributed by atoms with van der Waals surface area (Å²) in [6.07, 6.45) is 1.47. The summed E-state index contributed by atoms with van der Waals surface area (Å²) >= 11 is 0. The third-order valence-corrected chi connectivity index (χ3v) is 3.26. The van der Waals surface area contributed by atoms with Gasteiger partial charge in [0.05, 0.1) is 0 Å². The van der Waals surface area contributed by atoms with Crippen molar-refractivity contribution in [3.63, 3.8) is 0 Å². The van der Waals surface area contributed by atoms with E-state index in [1.165, 1.54) is 13.1 Å². The number of nitrogens with one attached hydrogen (secondary N) is 1. The monoisotopic (exact) mass is 242 g/mol. The highest BCUT2D eigenvalue weighted by molar-refractivity contribution is 5.75. The molecule has 0 aliphatic carbocycles. The van der Waals surface area contributed by atoms with Crippen molar-refractivity contribution in [3.05, 3.63) is 0 Å². The minimum atomic E-state index is 0.0725. The molecule has 0 aromatic carbocycles. The van der Waals surface area contributed by atoms with E-state index in [1.807, 2.05) is 0 Å². The van der Waals surface area contributed by atoms with E-state index in [2.05, 4.69) is 22.0 Å². The van der Waals surface area contributed by atoms with Crippen molar-refractivity contribution in [2.24, 2.45) is 5.73 Å². The molecule has 1 heterocycles. The second kappa shape index (κ2) is 8.44. The van der Waals surface area contributed by atoms with Gasteiger partial charge in [-0.05, 0) is 19.5 Å². The molecule has 0 radical (unpaired) electrons. The number of piperazine rings is 1. The highest BCUT2D eigenvalue weighted by Gasteiger charge is 2.14. The van der Waals surface area contributed by atoms with Crippen LogP contribution in [-0.4, -0.2) is 68.1 Å². The number of hydrogen-bond acceptors (Lipinski definition) is 4. The molecular weight excluding hydrogens is 216 g/mol. The van der Waals surface area contributed by atoms with Crippen LogP contribution in [-0.2, 0) is 4.79 Å². The van der Waals surface area contributed by atoms with Crippen LogP contribution in [0.25, 0.3) is 0 Å². The second-order valence-corrected chi connectivity index (χ2v) is 4.52. The van der Waals surface area contributed by atoms with Crippen LogP contribution in [0.5, 0.6) is 0 Å². The normalized spacial score (nSPS) is 18.2. The Morgan fingerprint density at radius 1 is 1.24 bits per heavy atom. The zero-order valence-electron chi connectivity index (χ0n) is 11.0. The van der Waals surface area contributed by atoms with Crippen LogP contribution in [0, 0.1) is 0 Å². The predicted molar refractivity (Wildman–Crippen MR) is 69.9 cm³/mol. The smallest absolute Gasteiger partial charge is 0.221 e. The molecule has 17 heavy (non-hydrogen) atoms. The fraction of sp³-hybridized carbons (Fsp3) is 0.917. The molecule has 0 unspecified atom stereocenters. The van der Waals surface area contributed by atoms with Gasteiger partial charge in [-0.2, -0.15) is 0 Å². The van der Waals surface area contributed by atoms with E-state index in [9.17, 15) is 4.79 Å². The lowest BCUT2D eigenvalue weighted by Gasteiger charge is -2.33. The first-order chi connectivity index (χ1) is 8.26. The maximum absolute atomic E-state index is 11.2. The van der Waals surface area contributed by atoms with Crippen molar-refractivity contribution in [3.8, 4) is 0 Å². The van der Waals surface area contributed by atoms with Gasteiger partial charge in [0.25, 0.3) is 0 Å². The first-order valence-electron chi connectivity index (χ1n) is 6.67. The molecule has 1 rings (SSSR count). The molecular formula is C12H26N4O. The largest absolute Gasteiger partial charge is 0.356 e. The van der Waals surface area contributed by atoms with Crippen molar-refractivity contribution >= 4 is 5.91 Å². The molecule has 1 amide bonds. The Labute approximate surface area is 104 Å². The van der Waals surface area contributed by atoms with Gasteiger partial charge in [-0.1, -0.05) is 6.92 Å². The van der Waals surface area contributed by atoms with E-state index in [0.29, 0.717) is 13.0 Å². The average molecular weight is 242 g/mol. The molecule has 0 aromatic heterocycles. The van der Waals surface area contributed by atoms with Gasteiger partial charge < -0.3 is 20.9 Å². The highest BCUT2D eigenvalue weighted by atomic mass is 16.1. The van der Waals surface area contributed by atoms with E-state index in [-0.39, 0.29) is 5.91 Å². The molecule has 1 aliphatic rings. The number of likely N-dealkylation sites (N-methyl/N-ethyl adjacent to an activating group) is 1. The van der Waals surface area contributed by atoms with Crippen LogP contribution in [0.1, 0.15) is 19.8 Å². The van der Waals surface area contributed by atoms with Crippen LogP contribution < -0.4 is 11.1 Å². The van der Waals surface area contributed by atoms with Crippen molar-refractivity contribution < 1.29 is 4.79 Å². The zero-order valence-corrected chi connectivity index (χ0v) is 11.0. The summed E-state index contributed by atoms with van der Waals surface area (Å²) in [5, 5.41) is 2.89. The third-order valence-electron chi connectivity index (χ3n) is 3.26. The van der Waals surface area contributed by atoms with Gasteiger partial charge in [0, 0.05) is 45.7 Å². The molecule has 0 atom stereocenters. The van der Waals surface area contributed by atoms with Crippen LogP contribution in [0.3, 0.4) is 0 Å². The molecule has 1 saturated heterocycles. The Balaban J connectivity index is 1.98. The molecule has 5 nitrogen and oxygen atoms in total. The number of nitrogens with two attached hydrogens (primary N) is 1. The topological polar surface area (TPSA) is 61.6 Å². The van der Waals surface area contributed by atoms with Crippen LogP contribution in [0.4, 0.5) is 0 Å². The first kappa shape index (κ1) is 14.4. The van der Waals surface area contributed by atoms with Crippen LogP contribution >= 0.6 is 0 Å². The summed E-state index contributed by atoms with van der Waals surface area (Å²) < 4.78 is 0. The Kier molecular flexibility index (Phi) is 7.16. The molecule has 0 aromatic rings. The van der Waals surface area contributed by atoms with Crippen molar-refractivity contribution in [2.75, 3.05) is 52.4 Å². The predicted octanol–water partition coefficient (Wildman–Crippen LogP) is -0.521. The van der Waals surface area contributed by atoms with Gasteiger partial charge in [-0.3, -0.25) is 4.79 Å².